The molecule has 0 spiro atoms. The van der Waals surface area contributed by atoms with Crippen LogP contribution in [0.25, 0.3) is 0 Å². The van der Waals surface area contributed by atoms with E-state index in [1.165, 1.54) is 18.4 Å². The van der Waals surface area contributed by atoms with Crippen molar-refractivity contribution in [3.05, 3.63) is 41.2 Å². The van der Waals surface area contributed by atoms with Crippen molar-refractivity contribution in [3.8, 4) is 5.75 Å². The Morgan fingerprint density at radius 2 is 1.79 bits per heavy atom. The van der Waals surface area contributed by atoms with Gasteiger partial charge in [0.1, 0.15) is 16.7 Å². The molecular weight excluding hydrogens is 386 g/mol. The predicted octanol–water partition coefficient (Wildman–Crippen LogP) is 4.13. The lowest BCUT2D eigenvalue weighted by Gasteiger charge is -2.37. The van der Waals surface area contributed by atoms with E-state index >= 15 is 0 Å². The number of unbranched alkanes of at least 4 members (excludes halogenated alkanes) is 1. The summed E-state index contributed by atoms with van der Waals surface area (Å²) < 4.78 is 34.7. The minimum atomic E-state index is -3.54. The first-order valence-electron chi connectivity index (χ1n) is 10.7. The van der Waals surface area contributed by atoms with Crippen LogP contribution in [-0.4, -0.2) is 41.1 Å². The number of piperidine rings is 1. The van der Waals surface area contributed by atoms with Gasteiger partial charge < -0.3 is 4.74 Å². The molecule has 2 fully saturated rings. The lowest BCUT2D eigenvalue weighted by Crippen LogP contribution is -2.49. The van der Waals surface area contributed by atoms with Crippen LogP contribution in [0.2, 0.25) is 0 Å². The van der Waals surface area contributed by atoms with E-state index in [-0.39, 0.29) is 18.2 Å². The van der Waals surface area contributed by atoms with E-state index in [1.54, 1.807) is 18.2 Å². The molecule has 0 amide bonds. The van der Waals surface area contributed by atoms with Gasteiger partial charge in [0.15, 0.2) is 0 Å². The fraction of sp³-hybridized carbons (Fsp3) is 0.591. The van der Waals surface area contributed by atoms with Crippen LogP contribution >= 0.6 is 0 Å². The highest BCUT2D eigenvalue weighted by molar-refractivity contribution is 7.89. The summed E-state index contributed by atoms with van der Waals surface area (Å²) in [5.74, 6) is 0.882. The Bertz CT molecular complexity index is 919. The number of benzene rings is 1. The van der Waals surface area contributed by atoms with Crippen LogP contribution in [0, 0.1) is 13.8 Å². The van der Waals surface area contributed by atoms with Crippen molar-refractivity contribution in [1.82, 2.24) is 14.5 Å². The third-order valence-electron chi connectivity index (χ3n) is 6.26. The quantitative estimate of drug-likeness (QED) is 0.735. The van der Waals surface area contributed by atoms with Gasteiger partial charge in [0.05, 0.1) is 11.4 Å². The summed E-state index contributed by atoms with van der Waals surface area (Å²) in [5, 5.41) is 6.90. The number of sulfonamides is 1. The number of H-pyrrole nitrogens is 1. The van der Waals surface area contributed by atoms with Gasteiger partial charge in [-0.05, 0) is 57.2 Å². The molecule has 2 aromatic rings. The second-order valence-corrected chi connectivity index (χ2v) is 10.2. The van der Waals surface area contributed by atoms with Gasteiger partial charge in [-0.25, -0.2) is 8.42 Å². The number of ether oxygens (including phenoxy) is 1. The molecule has 3 atom stereocenters. The van der Waals surface area contributed by atoms with Crippen LogP contribution < -0.4 is 4.74 Å². The Balaban J connectivity index is 1.45. The fourth-order valence-corrected chi connectivity index (χ4v) is 7.14. The van der Waals surface area contributed by atoms with Crippen molar-refractivity contribution >= 4 is 10.0 Å². The Labute approximate surface area is 173 Å². The number of nitrogens with one attached hydrogen (secondary N) is 1. The zero-order chi connectivity index (χ0) is 20.6. The molecule has 0 saturated carbocycles. The van der Waals surface area contributed by atoms with Gasteiger partial charge in [-0.15, -0.1) is 0 Å². The average molecular weight is 418 g/mol. The van der Waals surface area contributed by atoms with Crippen LogP contribution in [0.3, 0.4) is 0 Å². The molecule has 0 radical (unpaired) electrons. The van der Waals surface area contributed by atoms with Gasteiger partial charge in [0.25, 0.3) is 0 Å². The lowest BCUT2D eigenvalue weighted by atomic mass is 10.0. The minimum absolute atomic E-state index is 0.00118. The van der Waals surface area contributed by atoms with Crippen molar-refractivity contribution in [2.24, 2.45) is 0 Å². The summed E-state index contributed by atoms with van der Waals surface area (Å²) in [4.78, 5) is 0.344. The molecule has 2 aliphatic rings. The summed E-state index contributed by atoms with van der Waals surface area (Å²) >= 11 is 0. The molecule has 2 saturated heterocycles. The van der Waals surface area contributed by atoms with Crippen molar-refractivity contribution in [3.63, 3.8) is 0 Å². The Morgan fingerprint density at radius 1 is 1.14 bits per heavy atom. The lowest BCUT2D eigenvalue weighted by molar-refractivity contribution is 0.0956. The van der Waals surface area contributed by atoms with Crippen LogP contribution in [0.1, 0.15) is 62.4 Å². The molecule has 0 aliphatic carbocycles. The number of hydrogen-bond donors (Lipinski definition) is 1. The molecule has 1 unspecified atom stereocenters. The number of aromatic nitrogens is 2. The van der Waals surface area contributed by atoms with Crippen LogP contribution in [0.15, 0.2) is 29.2 Å². The molecule has 1 aromatic carbocycles. The molecule has 7 heteroatoms. The molecule has 158 valence electrons. The van der Waals surface area contributed by atoms with E-state index in [4.69, 9.17) is 4.74 Å². The molecule has 4 rings (SSSR count). The summed E-state index contributed by atoms with van der Waals surface area (Å²) in [6, 6.07) is 8.39. The van der Waals surface area contributed by atoms with Crippen molar-refractivity contribution in [2.75, 3.05) is 0 Å². The number of fused-ring (bicyclic) bond motifs is 2. The average Bonchev–Trinajstić information content (AvgIpc) is 3.18. The molecule has 2 bridgehead atoms. The molecule has 3 heterocycles. The van der Waals surface area contributed by atoms with Gasteiger partial charge in [-0.3, -0.25) is 5.10 Å². The van der Waals surface area contributed by atoms with Crippen LogP contribution in [0.4, 0.5) is 0 Å². The first-order valence-corrected chi connectivity index (χ1v) is 12.1. The zero-order valence-electron chi connectivity index (χ0n) is 17.5. The highest BCUT2D eigenvalue weighted by Crippen LogP contribution is 2.41. The van der Waals surface area contributed by atoms with E-state index < -0.39 is 10.0 Å². The summed E-state index contributed by atoms with van der Waals surface area (Å²) in [6.07, 6.45) is 6.83. The van der Waals surface area contributed by atoms with Gasteiger partial charge in [-0.2, -0.15) is 9.40 Å². The van der Waals surface area contributed by atoms with E-state index in [1.807, 2.05) is 12.1 Å². The van der Waals surface area contributed by atoms with Crippen molar-refractivity contribution < 1.29 is 13.2 Å². The van der Waals surface area contributed by atoms with Gasteiger partial charge in [0.2, 0.25) is 10.0 Å². The Hall–Kier alpha value is -1.86. The number of hydrogen-bond acceptors (Lipinski definition) is 4. The molecule has 1 aromatic heterocycles. The highest BCUT2D eigenvalue weighted by Gasteiger charge is 2.48. The zero-order valence-corrected chi connectivity index (χ0v) is 18.3. The molecular formula is C22H31N3O3S. The van der Waals surface area contributed by atoms with Gasteiger partial charge >= 0.3 is 0 Å². The number of aryl methyl sites for hydroxylation is 3. The minimum Gasteiger partial charge on any atom is -0.490 e. The second kappa shape index (κ2) is 8.11. The van der Waals surface area contributed by atoms with E-state index in [9.17, 15) is 8.42 Å². The normalized spacial score (nSPS) is 24.7. The molecule has 1 N–H and O–H groups in total. The Kier molecular flexibility index (Phi) is 5.71. The second-order valence-electron chi connectivity index (χ2n) is 8.44. The highest BCUT2D eigenvalue weighted by atomic mass is 32.2. The maximum atomic E-state index is 13.4. The summed E-state index contributed by atoms with van der Waals surface area (Å²) in [5.41, 5.74) is 2.50. The monoisotopic (exact) mass is 417 g/mol. The fourth-order valence-electron chi connectivity index (χ4n) is 4.91. The standard InChI is InChI=1S/C22H31N3O3S/c1-4-5-6-17-7-11-20(12-8-17)28-21-13-18-9-10-19(14-21)25(18)29(26,27)22-15(2)23-24-16(22)3/h7-8,11-12,18-19,21H,4-6,9-10,13-14H2,1-3H3,(H,23,24)/t18-,19+,21?. The largest absolute Gasteiger partial charge is 0.490 e. The number of nitrogens with zero attached hydrogens (tertiary/aromatic N) is 2. The first kappa shape index (κ1) is 20.4. The predicted molar refractivity (Wildman–Crippen MR) is 113 cm³/mol. The third kappa shape index (κ3) is 3.94. The summed E-state index contributed by atoms with van der Waals surface area (Å²) in [6.45, 7) is 5.72. The Morgan fingerprint density at radius 3 is 2.34 bits per heavy atom. The van der Waals surface area contributed by atoms with Gasteiger partial charge in [0, 0.05) is 24.9 Å². The van der Waals surface area contributed by atoms with E-state index in [0.29, 0.717) is 16.3 Å². The molecule has 29 heavy (non-hydrogen) atoms. The van der Waals surface area contributed by atoms with Crippen LogP contribution in [0.5, 0.6) is 5.75 Å². The van der Waals surface area contributed by atoms with E-state index in [0.717, 1.165) is 37.9 Å². The van der Waals surface area contributed by atoms with E-state index in [2.05, 4.69) is 29.3 Å². The first-order chi connectivity index (χ1) is 13.9. The smallest absolute Gasteiger partial charge is 0.247 e. The molecule has 2 aliphatic heterocycles. The van der Waals surface area contributed by atoms with Crippen LogP contribution in [-0.2, 0) is 16.4 Å². The molecule has 6 nitrogen and oxygen atoms in total. The topological polar surface area (TPSA) is 75.3 Å². The van der Waals surface area contributed by atoms with Crippen molar-refractivity contribution in [1.29, 1.82) is 0 Å². The SMILES string of the molecule is CCCCc1ccc(OC2C[C@H]3CC[C@@H](C2)N3S(=O)(=O)c2c(C)n[nH]c2C)cc1. The maximum Gasteiger partial charge on any atom is 0.247 e. The number of rotatable bonds is 7. The summed E-state index contributed by atoms with van der Waals surface area (Å²) in [7, 11) is -3.54. The van der Waals surface area contributed by atoms with Crippen molar-refractivity contribution in [2.45, 2.75) is 88.8 Å². The maximum absolute atomic E-state index is 13.4. The number of aromatic amines is 1. The third-order valence-corrected chi connectivity index (χ3v) is 8.53. The van der Waals surface area contributed by atoms with Gasteiger partial charge in [-0.1, -0.05) is 25.5 Å².